The molecule has 0 saturated carbocycles. The van der Waals surface area contributed by atoms with E-state index < -0.39 is 0 Å². The molecule has 0 aliphatic carbocycles. The summed E-state index contributed by atoms with van der Waals surface area (Å²) in [5, 5.41) is 3.08. The zero-order chi connectivity index (χ0) is 11.4. The van der Waals surface area contributed by atoms with Crippen LogP contribution in [0.15, 0.2) is 0 Å². The minimum absolute atomic E-state index is 0.564. The summed E-state index contributed by atoms with van der Waals surface area (Å²) in [6, 6.07) is 0. The van der Waals surface area contributed by atoms with Gasteiger partial charge in [-0.3, -0.25) is 0 Å². The van der Waals surface area contributed by atoms with Gasteiger partial charge in [0.1, 0.15) is 0 Å². The van der Waals surface area contributed by atoms with Crippen molar-refractivity contribution >= 4 is 0 Å². The second-order valence-electron chi connectivity index (χ2n) is 4.05. The highest BCUT2D eigenvalue weighted by Crippen LogP contribution is 2.12. The molecule has 3 N–H and O–H groups in total. The summed E-state index contributed by atoms with van der Waals surface area (Å²) >= 11 is 0. The Bertz CT molecular complexity index is 120. The molecule has 0 aromatic rings. The van der Waals surface area contributed by atoms with Gasteiger partial charge in [-0.15, -0.1) is 0 Å². The Morgan fingerprint density at radius 3 is 2.67 bits per heavy atom. The lowest BCUT2D eigenvalue weighted by Crippen LogP contribution is -2.24. The van der Waals surface area contributed by atoms with E-state index in [4.69, 9.17) is 10.5 Å². The number of hydrogen-bond acceptors (Lipinski definition) is 3. The molecule has 0 rings (SSSR count). The molecule has 3 heteroatoms. The number of nitrogens with one attached hydrogen (secondary N) is 1. The van der Waals surface area contributed by atoms with Crippen LogP contribution in [0.2, 0.25) is 0 Å². The maximum atomic E-state index is 5.65. The van der Waals surface area contributed by atoms with Gasteiger partial charge < -0.3 is 15.8 Å². The Kier molecular flexibility index (Phi) is 11.9. The molecule has 0 aliphatic heterocycles. The van der Waals surface area contributed by atoms with E-state index in [9.17, 15) is 0 Å². The molecule has 0 spiro atoms. The second-order valence-corrected chi connectivity index (χ2v) is 4.05. The predicted octanol–water partition coefficient (Wildman–Crippen LogP) is 2.12. The van der Waals surface area contributed by atoms with Crippen LogP contribution in [0, 0.1) is 5.92 Å². The van der Waals surface area contributed by atoms with Crippen LogP contribution < -0.4 is 11.1 Å². The van der Waals surface area contributed by atoms with Gasteiger partial charge in [0.2, 0.25) is 0 Å². The largest absolute Gasteiger partial charge is 0.381 e. The van der Waals surface area contributed by atoms with E-state index >= 15 is 0 Å². The lowest BCUT2D eigenvalue weighted by Gasteiger charge is -2.14. The number of rotatable bonds is 11. The minimum atomic E-state index is 0.564. The fraction of sp³-hybridized carbons (Fsp3) is 1.00. The fourth-order valence-electron chi connectivity index (χ4n) is 1.55. The molecule has 1 atom stereocenters. The Labute approximate surface area is 94.8 Å². The van der Waals surface area contributed by atoms with Crippen molar-refractivity contribution in [1.82, 2.24) is 5.32 Å². The maximum Gasteiger partial charge on any atom is 0.0494 e. The topological polar surface area (TPSA) is 47.3 Å². The van der Waals surface area contributed by atoms with Crippen molar-refractivity contribution in [2.75, 3.05) is 26.4 Å². The third-order valence-corrected chi connectivity index (χ3v) is 2.68. The van der Waals surface area contributed by atoms with Crippen LogP contribution in [-0.4, -0.2) is 26.4 Å². The number of nitrogens with two attached hydrogens (primary N) is 1. The summed E-state index contributed by atoms with van der Waals surface area (Å²) < 4.78 is 5.65. The summed E-state index contributed by atoms with van der Waals surface area (Å²) in [6.45, 7) is 7.80. The Morgan fingerprint density at radius 2 is 2.07 bits per heavy atom. The first-order valence-electron chi connectivity index (χ1n) is 6.33. The zero-order valence-electron chi connectivity index (χ0n) is 10.4. The van der Waals surface area contributed by atoms with E-state index in [2.05, 4.69) is 19.2 Å². The van der Waals surface area contributed by atoms with Gasteiger partial charge in [0.25, 0.3) is 0 Å². The third-order valence-electron chi connectivity index (χ3n) is 2.68. The lowest BCUT2D eigenvalue weighted by atomic mass is 10.0. The molecule has 1 unspecified atom stereocenters. The molecule has 0 saturated heterocycles. The normalized spacial score (nSPS) is 13.0. The van der Waals surface area contributed by atoms with E-state index in [0.29, 0.717) is 6.67 Å². The van der Waals surface area contributed by atoms with Crippen molar-refractivity contribution in [3.05, 3.63) is 0 Å². The standard InChI is InChI=1S/C12H28N2O/c1-3-5-7-12(4-2)10-15-9-6-8-14-11-13/h12,14H,3-11,13H2,1-2H3. The Morgan fingerprint density at radius 1 is 1.27 bits per heavy atom. The average molecular weight is 216 g/mol. The fourth-order valence-corrected chi connectivity index (χ4v) is 1.55. The van der Waals surface area contributed by atoms with E-state index in [1.165, 1.54) is 25.7 Å². The van der Waals surface area contributed by atoms with Crippen molar-refractivity contribution in [3.8, 4) is 0 Å². The third kappa shape index (κ3) is 10.2. The molecule has 0 aromatic carbocycles. The molecule has 0 radical (unpaired) electrons. The van der Waals surface area contributed by atoms with Gasteiger partial charge in [-0.05, 0) is 25.3 Å². The van der Waals surface area contributed by atoms with Crippen LogP contribution in [0.3, 0.4) is 0 Å². The van der Waals surface area contributed by atoms with Crippen molar-refractivity contribution in [2.24, 2.45) is 11.7 Å². The molecule has 92 valence electrons. The van der Waals surface area contributed by atoms with Crippen molar-refractivity contribution in [2.45, 2.75) is 46.0 Å². The van der Waals surface area contributed by atoms with Crippen LogP contribution in [0.5, 0.6) is 0 Å². The molecule has 0 aliphatic rings. The lowest BCUT2D eigenvalue weighted by molar-refractivity contribution is 0.0922. The molecule has 0 aromatic heterocycles. The van der Waals surface area contributed by atoms with Gasteiger partial charge in [0, 0.05) is 19.9 Å². The second kappa shape index (κ2) is 12.0. The van der Waals surface area contributed by atoms with E-state index in [-0.39, 0.29) is 0 Å². The maximum absolute atomic E-state index is 5.65. The molecule has 0 amide bonds. The van der Waals surface area contributed by atoms with Gasteiger partial charge in [0.15, 0.2) is 0 Å². The van der Waals surface area contributed by atoms with Gasteiger partial charge >= 0.3 is 0 Å². The number of hydrogen-bond donors (Lipinski definition) is 2. The Hall–Kier alpha value is -0.120. The van der Waals surface area contributed by atoms with Gasteiger partial charge in [-0.25, -0.2) is 0 Å². The minimum Gasteiger partial charge on any atom is -0.381 e. The van der Waals surface area contributed by atoms with Crippen molar-refractivity contribution in [1.29, 1.82) is 0 Å². The van der Waals surface area contributed by atoms with Crippen LogP contribution in [0.1, 0.15) is 46.0 Å². The molecular weight excluding hydrogens is 188 g/mol. The quantitative estimate of drug-likeness (QED) is 0.411. The van der Waals surface area contributed by atoms with Crippen LogP contribution in [0.25, 0.3) is 0 Å². The summed E-state index contributed by atoms with van der Waals surface area (Å²) in [6.07, 6.45) is 6.23. The molecule has 15 heavy (non-hydrogen) atoms. The summed E-state index contributed by atoms with van der Waals surface area (Å²) in [4.78, 5) is 0. The zero-order valence-corrected chi connectivity index (χ0v) is 10.4. The molecule has 0 fully saturated rings. The van der Waals surface area contributed by atoms with Crippen LogP contribution in [0.4, 0.5) is 0 Å². The monoisotopic (exact) mass is 216 g/mol. The van der Waals surface area contributed by atoms with Crippen LogP contribution >= 0.6 is 0 Å². The number of unbranched alkanes of at least 4 members (excludes halogenated alkanes) is 1. The van der Waals surface area contributed by atoms with E-state index in [1.807, 2.05) is 0 Å². The smallest absolute Gasteiger partial charge is 0.0494 e. The molecule has 3 nitrogen and oxygen atoms in total. The summed E-state index contributed by atoms with van der Waals surface area (Å²) in [5.41, 5.74) is 5.32. The first-order chi connectivity index (χ1) is 7.35. The van der Waals surface area contributed by atoms with Crippen LogP contribution in [-0.2, 0) is 4.74 Å². The molecule has 0 bridgehead atoms. The Balaban J connectivity index is 3.22. The highest BCUT2D eigenvalue weighted by atomic mass is 16.5. The molecule has 0 heterocycles. The average Bonchev–Trinajstić information content (AvgIpc) is 2.27. The first-order valence-corrected chi connectivity index (χ1v) is 6.33. The van der Waals surface area contributed by atoms with E-state index in [0.717, 1.165) is 32.1 Å². The van der Waals surface area contributed by atoms with Crippen molar-refractivity contribution < 1.29 is 4.74 Å². The highest BCUT2D eigenvalue weighted by molar-refractivity contribution is 4.56. The highest BCUT2D eigenvalue weighted by Gasteiger charge is 2.05. The first kappa shape index (κ1) is 14.9. The van der Waals surface area contributed by atoms with Gasteiger partial charge in [-0.2, -0.15) is 0 Å². The SMILES string of the molecule is CCCCC(CC)COCCCNCN. The number of ether oxygens (including phenoxy) is 1. The predicted molar refractivity (Wildman–Crippen MR) is 65.8 cm³/mol. The van der Waals surface area contributed by atoms with Crippen molar-refractivity contribution in [3.63, 3.8) is 0 Å². The summed E-state index contributed by atoms with van der Waals surface area (Å²) in [5.74, 6) is 0.757. The van der Waals surface area contributed by atoms with E-state index in [1.54, 1.807) is 0 Å². The van der Waals surface area contributed by atoms with Gasteiger partial charge in [0.05, 0.1) is 0 Å². The summed E-state index contributed by atoms with van der Waals surface area (Å²) in [7, 11) is 0. The van der Waals surface area contributed by atoms with Gasteiger partial charge in [-0.1, -0.05) is 33.1 Å². The molecular formula is C12H28N2O.